The van der Waals surface area contributed by atoms with Gasteiger partial charge < -0.3 is 9.73 Å². The van der Waals surface area contributed by atoms with Crippen molar-refractivity contribution in [2.45, 2.75) is 13.1 Å². The third-order valence-electron chi connectivity index (χ3n) is 3.28. The van der Waals surface area contributed by atoms with Crippen molar-refractivity contribution in [1.29, 1.82) is 0 Å². The second kappa shape index (κ2) is 6.83. The molecule has 5 nitrogen and oxygen atoms in total. The van der Waals surface area contributed by atoms with Crippen LogP contribution in [0.3, 0.4) is 0 Å². The molecule has 0 saturated heterocycles. The Morgan fingerprint density at radius 3 is 2.73 bits per heavy atom. The molecule has 9 heteroatoms. The van der Waals surface area contributed by atoms with Gasteiger partial charge in [-0.15, -0.1) is 0 Å². The van der Waals surface area contributed by atoms with Gasteiger partial charge in [0.2, 0.25) is 5.91 Å². The van der Waals surface area contributed by atoms with Crippen LogP contribution in [0.5, 0.6) is 0 Å². The number of hydrogen-bond donors (Lipinski definition) is 1. The summed E-state index contributed by atoms with van der Waals surface area (Å²) in [5.41, 5.74) is -0.508. The average Bonchev–Trinajstić information content (AvgIpc) is 3.14. The molecular weight excluding hydrogens is 369 g/mol. The van der Waals surface area contributed by atoms with E-state index in [9.17, 15) is 22.8 Å². The van der Waals surface area contributed by atoms with Crippen LogP contribution >= 0.6 is 11.8 Å². The van der Waals surface area contributed by atoms with Crippen molar-refractivity contribution in [3.05, 3.63) is 52.6 Å². The fourth-order valence-corrected chi connectivity index (χ4v) is 3.02. The average molecular weight is 380 g/mol. The number of benzene rings is 1. The van der Waals surface area contributed by atoms with Crippen molar-refractivity contribution in [1.82, 2.24) is 5.32 Å². The van der Waals surface area contributed by atoms with Crippen LogP contribution in [-0.2, 0) is 15.8 Å². The van der Waals surface area contributed by atoms with E-state index in [1.807, 2.05) is 0 Å². The first-order valence-corrected chi connectivity index (χ1v) is 8.11. The Bertz CT molecular complexity index is 945. The molecule has 2 amide bonds. The lowest BCUT2D eigenvalue weighted by Crippen LogP contribution is -2.23. The van der Waals surface area contributed by atoms with E-state index in [1.165, 1.54) is 37.3 Å². The number of thioether (sulfide) groups is 1. The topological polar surface area (TPSA) is 71.7 Å². The monoisotopic (exact) mass is 380 g/mol. The molecule has 3 rings (SSSR count). The second-order valence-electron chi connectivity index (χ2n) is 5.29. The van der Waals surface area contributed by atoms with E-state index in [-0.39, 0.29) is 33.1 Å². The van der Waals surface area contributed by atoms with E-state index < -0.39 is 17.6 Å². The fraction of sp³-hybridized carbons (Fsp3) is 0.118. The van der Waals surface area contributed by atoms with Gasteiger partial charge in [0, 0.05) is 18.6 Å². The Morgan fingerprint density at radius 2 is 2.04 bits per heavy atom. The number of amides is 2. The third kappa shape index (κ3) is 4.05. The summed E-state index contributed by atoms with van der Waals surface area (Å²) in [6.07, 6.45) is -3.03. The molecule has 0 aliphatic carbocycles. The van der Waals surface area contributed by atoms with Crippen LogP contribution in [0.25, 0.3) is 17.4 Å². The summed E-state index contributed by atoms with van der Waals surface area (Å²) in [6, 6.07) is 7.81. The minimum atomic E-state index is -4.45. The summed E-state index contributed by atoms with van der Waals surface area (Å²) in [7, 11) is 0. The molecule has 0 bridgehead atoms. The number of carbonyl (C=O) groups excluding carboxylic acids is 2. The molecule has 0 radical (unpaired) electrons. The minimum Gasteiger partial charge on any atom is -0.457 e. The number of nitrogens with one attached hydrogen (secondary N) is 1. The maximum Gasteiger partial charge on any atom is 0.416 e. The van der Waals surface area contributed by atoms with Gasteiger partial charge in [-0.05, 0) is 36.0 Å². The van der Waals surface area contributed by atoms with Gasteiger partial charge in [-0.3, -0.25) is 9.59 Å². The van der Waals surface area contributed by atoms with Gasteiger partial charge >= 0.3 is 6.18 Å². The van der Waals surface area contributed by atoms with Crippen LogP contribution in [0.2, 0.25) is 0 Å². The number of amidine groups is 1. The quantitative estimate of drug-likeness (QED) is 0.798. The molecular formula is C17H11F3N2O3S. The standard InChI is InChI=1S/C17H11F3N2O3S/c1-9(23)21-16-22-15(24)14(26-16)8-12-5-6-13(25-12)10-3-2-4-11(7-10)17(18,19)20/h2-8H,1H3,(H,21,22,23,24). The molecule has 1 aromatic carbocycles. The van der Waals surface area contributed by atoms with Crippen molar-refractivity contribution >= 4 is 34.8 Å². The Balaban J connectivity index is 1.81. The first-order chi connectivity index (χ1) is 12.2. The summed E-state index contributed by atoms with van der Waals surface area (Å²) in [6.45, 7) is 1.29. The molecule has 1 aliphatic heterocycles. The van der Waals surface area contributed by atoms with Crippen molar-refractivity contribution < 1.29 is 27.2 Å². The lowest BCUT2D eigenvalue weighted by Gasteiger charge is -2.07. The van der Waals surface area contributed by atoms with E-state index >= 15 is 0 Å². The van der Waals surface area contributed by atoms with E-state index in [2.05, 4.69) is 10.3 Å². The molecule has 2 aromatic rings. The minimum absolute atomic E-state index is 0.165. The number of halogens is 3. The number of rotatable bonds is 2. The molecule has 134 valence electrons. The highest BCUT2D eigenvalue weighted by Crippen LogP contribution is 2.33. The van der Waals surface area contributed by atoms with Gasteiger partial charge in [0.05, 0.1) is 10.5 Å². The van der Waals surface area contributed by atoms with E-state index in [4.69, 9.17) is 4.42 Å². The number of furan rings is 1. The van der Waals surface area contributed by atoms with Crippen LogP contribution in [-0.4, -0.2) is 17.0 Å². The number of alkyl halides is 3. The predicted molar refractivity (Wildman–Crippen MR) is 91.0 cm³/mol. The van der Waals surface area contributed by atoms with E-state index in [0.717, 1.165) is 23.9 Å². The first-order valence-electron chi connectivity index (χ1n) is 7.30. The normalized spacial score (nSPS) is 16.1. The van der Waals surface area contributed by atoms with Crippen LogP contribution in [0.15, 0.2) is 50.7 Å². The summed E-state index contributed by atoms with van der Waals surface area (Å²) in [5, 5.41) is 2.58. The number of aliphatic imine (C=N–C) groups is 1. The molecule has 0 fully saturated rings. The van der Waals surface area contributed by atoms with Crippen LogP contribution in [0.1, 0.15) is 18.2 Å². The number of hydrogen-bond acceptors (Lipinski definition) is 4. The zero-order valence-electron chi connectivity index (χ0n) is 13.3. The van der Waals surface area contributed by atoms with Crippen LogP contribution in [0, 0.1) is 0 Å². The summed E-state index contributed by atoms with van der Waals surface area (Å²) < 4.78 is 43.9. The molecule has 2 heterocycles. The number of carbonyl (C=O) groups is 2. The maximum atomic E-state index is 12.8. The Morgan fingerprint density at radius 1 is 1.27 bits per heavy atom. The van der Waals surface area contributed by atoms with Crippen LogP contribution < -0.4 is 5.32 Å². The molecule has 0 spiro atoms. The maximum absolute atomic E-state index is 12.8. The largest absolute Gasteiger partial charge is 0.457 e. The highest BCUT2D eigenvalue weighted by Gasteiger charge is 2.30. The van der Waals surface area contributed by atoms with E-state index in [0.29, 0.717) is 0 Å². The van der Waals surface area contributed by atoms with Gasteiger partial charge in [-0.2, -0.15) is 18.2 Å². The zero-order valence-corrected chi connectivity index (χ0v) is 14.1. The molecule has 1 aliphatic rings. The van der Waals surface area contributed by atoms with E-state index in [1.54, 1.807) is 0 Å². The van der Waals surface area contributed by atoms with Crippen molar-refractivity contribution in [3.8, 4) is 11.3 Å². The number of nitrogens with zero attached hydrogens (tertiary/aromatic N) is 1. The lowest BCUT2D eigenvalue weighted by molar-refractivity contribution is -0.137. The van der Waals surface area contributed by atoms with Crippen LogP contribution in [0.4, 0.5) is 13.2 Å². The molecule has 0 saturated carbocycles. The molecule has 1 N–H and O–H groups in total. The SMILES string of the molecule is CC(=O)NC1=NC(=O)C(=Cc2ccc(-c3cccc(C(F)(F)F)c3)o2)S1. The summed E-state index contributed by atoms with van der Waals surface area (Å²) >= 11 is 0.974. The highest BCUT2D eigenvalue weighted by molar-refractivity contribution is 8.18. The summed E-state index contributed by atoms with van der Waals surface area (Å²) in [4.78, 5) is 26.7. The Kier molecular flexibility index (Phi) is 4.73. The third-order valence-corrected chi connectivity index (χ3v) is 4.18. The summed E-state index contributed by atoms with van der Waals surface area (Å²) in [5.74, 6) is -0.361. The lowest BCUT2D eigenvalue weighted by atomic mass is 10.1. The molecule has 1 aromatic heterocycles. The van der Waals surface area contributed by atoms with Gasteiger partial charge in [-0.1, -0.05) is 12.1 Å². The predicted octanol–water partition coefficient (Wildman–Crippen LogP) is 4.07. The zero-order chi connectivity index (χ0) is 18.9. The van der Waals surface area contributed by atoms with Gasteiger partial charge in [-0.25, -0.2) is 0 Å². The fourth-order valence-electron chi connectivity index (χ4n) is 2.18. The van der Waals surface area contributed by atoms with Gasteiger partial charge in [0.15, 0.2) is 5.17 Å². The van der Waals surface area contributed by atoms with Crippen molar-refractivity contribution in [3.63, 3.8) is 0 Å². The van der Waals surface area contributed by atoms with Crippen molar-refractivity contribution in [2.75, 3.05) is 0 Å². The second-order valence-corrected chi connectivity index (χ2v) is 6.33. The van der Waals surface area contributed by atoms with Gasteiger partial charge in [0.25, 0.3) is 5.91 Å². The Hall–Kier alpha value is -2.81. The first kappa shape index (κ1) is 18.0. The smallest absolute Gasteiger partial charge is 0.416 e. The Labute approximate surface area is 150 Å². The van der Waals surface area contributed by atoms with Gasteiger partial charge in [0.1, 0.15) is 11.5 Å². The van der Waals surface area contributed by atoms with Crippen molar-refractivity contribution in [2.24, 2.45) is 4.99 Å². The highest BCUT2D eigenvalue weighted by atomic mass is 32.2. The molecule has 0 atom stereocenters. The molecule has 26 heavy (non-hydrogen) atoms. The molecule has 0 unspecified atom stereocenters.